The van der Waals surface area contributed by atoms with Crippen molar-refractivity contribution in [1.82, 2.24) is 5.32 Å². The van der Waals surface area contributed by atoms with Gasteiger partial charge in [0.2, 0.25) is 0 Å². The van der Waals surface area contributed by atoms with Gasteiger partial charge in [0, 0.05) is 25.9 Å². The lowest BCUT2D eigenvalue weighted by molar-refractivity contribution is 0.0964. The molecule has 18 heavy (non-hydrogen) atoms. The molecule has 0 aliphatic heterocycles. The number of aliphatic hydroxyl groups is 1. The molecule has 0 radical (unpaired) electrons. The monoisotopic (exact) mass is 250 g/mol. The molecule has 100 valence electrons. The Morgan fingerprint density at radius 3 is 2.72 bits per heavy atom. The molecule has 3 N–H and O–H groups in total. The van der Waals surface area contributed by atoms with Crippen LogP contribution in [0.4, 0.5) is 5.69 Å². The molecule has 0 aliphatic rings. The number of anilines is 1. The van der Waals surface area contributed by atoms with Crippen LogP contribution in [0.3, 0.4) is 0 Å². The van der Waals surface area contributed by atoms with Crippen LogP contribution >= 0.6 is 0 Å². The van der Waals surface area contributed by atoms with Crippen molar-refractivity contribution in [3.63, 3.8) is 0 Å². The average molecular weight is 250 g/mol. The van der Waals surface area contributed by atoms with Crippen molar-refractivity contribution < 1.29 is 9.90 Å². The molecule has 0 saturated carbocycles. The van der Waals surface area contributed by atoms with E-state index in [1.54, 1.807) is 7.05 Å². The summed E-state index contributed by atoms with van der Waals surface area (Å²) in [6.07, 6.45) is 2.81. The summed E-state index contributed by atoms with van der Waals surface area (Å²) >= 11 is 0. The summed E-state index contributed by atoms with van der Waals surface area (Å²) in [5.74, 6) is -0.0726. The molecule has 1 aromatic rings. The lowest BCUT2D eigenvalue weighted by Crippen LogP contribution is -2.20. The lowest BCUT2D eigenvalue weighted by atomic mass is 10.1. The van der Waals surface area contributed by atoms with Crippen LogP contribution in [0.5, 0.6) is 0 Å². The molecule has 1 amide bonds. The van der Waals surface area contributed by atoms with Crippen LogP contribution in [0.25, 0.3) is 0 Å². The first-order valence-electron chi connectivity index (χ1n) is 6.36. The molecular formula is C14H22N2O2. The van der Waals surface area contributed by atoms with E-state index in [9.17, 15) is 4.79 Å². The molecule has 0 spiro atoms. The molecule has 0 fully saturated rings. The lowest BCUT2D eigenvalue weighted by Gasteiger charge is -2.12. The molecule has 0 saturated heterocycles. The number of hydrogen-bond donors (Lipinski definition) is 3. The van der Waals surface area contributed by atoms with Gasteiger partial charge in [0.1, 0.15) is 0 Å². The summed E-state index contributed by atoms with van der Waals surface area (Å²) < 4.78 is 0. The van der Waals surface area contributed by atoms with Crippen molar-refractivity contribution >= 4 is 11.6 Å². The summed E-state index contributed by atoms with van der Waals surface area (Å²) in [6, 6.07) is 5.81. The number of unbranched alkanes of at least 4 members (excludes halogenated alkanes) is 2. The molecule has 0 bridgehead atoms. The number of aliphatic hydroxyl groups excluding tert-OH is 1. The molecule has 4 heteroatoms. The van der Waals surface area contributed by atoms with Gasteiger partial charge in [0.25, 0.3) is 5.91 Å². The van der Waals surface area contributed by atoms with Crippen molar-refractivity contribution in [2.24, 2.45) is 0 Å². The Hall–Kier alpha value is -1.55. The Morgan fingerprint density at radius 2 is 2.06 bits per heavy atom. The summed E-state index contributed by atoms with van der Waals surface area (Å²) in [4.78, 5) is 11.7. The molecule has 1 aromatic carbocycles. The topological polar surface area (TPSA) is 61.4 Å². The number of carbonyl (C=O) groups excluding carboxylic acids is 1. The third-order valence-corrected chi connectivity index (χ3v) is 2.80. The van der Waals surface area contributed by atoms with E-state index in [0.717, 1.165) is 37.1 Å². The van der Waals surface area contributed by atoms with E-state index in [-0.39, 0.29) is 12.5 Å². The zero-order valence-corrected chi connectivity index (χ0v) is 11.1. The number of aryl methyl sites for hydroxylation is 1. The zero-order valence-electron chi connectivity index (χ0n) is 11.1. The molecule has 1 rings (SSSR count). The smallest absolute Gasteiger partial charge is 0.253 e. The molecule has 0 atom stereocenters. The van der Waals surface area contributed by atoms with Gasteiger partial charge in [-0.15, -0.1) is 0 Å². The fourth-order valence-corrected chi connectivity index (χ4v) is 1.77. The maximum atomic E-state index is 11.7. The van der Waals surface area contributed by atoms with Crippen LogP contribution in [0, 0.1) is 6.92 Å². The minimum absolute atomic E-state index is 0.0726. The number of amides is 1. The number of hydrogen-bond acceptors (Lipinski definition) is 3. The number of nitrogens with one attached hydrogen (secondary N) is 2. The quantitative estimate of drug-likeness (QED) is 0.648. The first-order valence-corrected chi connectivity index (χ1v) is 6.36. The second-order valence-electron chi connectivity index (χ2n) is 4.34. The van der Waals surface area contributed by atoms with Gasteiger partial charge in [0.05, 0.1) is 5.56 Å². The zero-order chi connectivity index (χ0) is 13.4. The van der Waals surface area contributed by atoms with Crippen LogP contribution < -0.4 is 10.6 Å². The van der Waals surface area contributed by atoms with Crippen molar-refractivity contribution in [3.8, 4) is 0 Å². The molecular weight excluding hydrogens is 228 g/mol. The van der Waals surface area contributed by atoms with E-state index in [0.29, 0.717) is 5.56 Å². The normalized spacial score (nSPS) is 10.2. The Balaban J connectivity index is 2.61. The second kappa shape index (κ2) is 7.71. The van der Waals surface area contributed by atoms with E-state index >= 15 is 0 Å². The molecule has 0 unspecified atom stereocenters. The summed E-state index contributed by atoms with van der Waals surface area (Å²) in [7, 11) is 1.63. The predicted octanol–water partition coefficient (Wildman–Crippen LogP) is 1.93. The number of rotatable bonds is 7. The molecule has 0 aromatic heterocycles. The fraction of sp³-hybridized carbons (Fsp3) is 0.500. The summed E-state index contributed by atoms with van der Waals surface area (Å²) in [6.45, 7) is 3.03. The van der Waals surface area contributed by atoms with Crippen LogP contribution in [-0.2, 0) is 0 Å². The Bertz CT molecular complexity index is 391. The maximum Gasteiger partial charge on any atom is 0.253 e. The Labute approximate surface area is 108 Å². The van der Waals surface area contributed by atoms with Gasteiger partial charge in [-0.3, -0.25) is 4.79 Å². The van der Waals surface area contributed by atoms with Crippen molar-refractivity contribution in [3.05, 3.63) is 29.3 Å². The molecule has 0 aliphatic carbocycles. The maximum absolute atomic E-state index is 11.7. The highest BCUT2D eigenvalue weighted by atomic mass is 16.2. The van der Waals surface area contributed by atoms with Gasteiger partial charge in [0.15, 0.2) is 0 Å². The highest BCUT2D eigenvalue weighted by Gasteiger charge is 2.09. The van der Waals surface area contributed by atoms with E-state index in [4.69, 9.17) is 5.11 Å². The van der Waals surface area contributed by atoms with Gasteiger partial charge >= 0.3 is 0 Å². The SMILES string of the molecule is CNC(=O)c1cc(C)ccc1NCCCCCO. The predicted molar refractivity (Wildman–Crippen MR) is 74.0 cm³/mol. The van der Waals surface area contributed by atoms with Crippen molar-refractivity contribution in [1.29, 1.82) is 0 Å². The molecule has 4 nitrogen and oxygen atoms in total. The van der Waals surface area contributed by atoms with Crippen molar-refractivity contribution in [2.75, 3.05) is 25.5 Å². The highest BCUT2D eigenvalue weighted by molar-refractivity contribution is 5.99. The Morgan fingerprint density at radius 1 is 1.28 bits per heavy atom. The van der Waals surface area contributed by atoms with Crippen LogP contribution in [0.15, 0.2) is 18.2 Å². The molecule has 0 heterocycles. The third kappa shape index (κ3) is 4.37. The van der Waals surface area contributed by atoms with E-state index in [2.05, 4.69) is 10.6 Å². The standard InChI is InChI=1S/C14H22N2O2/c1-11-6-7-13(12(10-11)14(18)15-2)16-8-4-3-5-9-17/h6-7,10,16-17H,3-5,8-9H2,1-2H3,(H,15,18). The van der Waals surface area contributed by atoms with Gasteiger partial charge in [-0.1, -0.05) is 11.6 Å². The Kier molecular flexibility index (Phi) is 6.22. The number of carbonyl (C=O) groups is 1. The first kappa shape index (κ1) is 14.5. The number of benzene rings is 1. The second-order valence-corrected chi connectivity index (χ2v) is 4.34. The van der Waals surface area contributed by atoms with Crippen molar-refractivity contribution in [2.45, 2.75) is 26.2 Å². The van der Waals surface area contributed by atoms with E-state index in [1.807, 2.05) is 25.1 Å². The summed E-state index contributed by atoms with van der Waals surface area (Å²) in [5, 5.41) is 14.6. The summed E-state index contributed by atoms with van der Waals surface area (Å²) in [5.41, 5.74) is 2.61. The van der Waals surface area contributed by atoms with Crippen LogP contribution in [0.2, 0.25) is 0 Å². The van der Waals surface area contributed by atoms with Gasteiger partial charge in [-0.05, 0) is 38.3 Å². The minimum atomic E-state index is -0.0726. The van der Waals surface area contributed by atoms with Gasteiger partial charge < -0.3 is 15.7 Å². The average Bonchev–Trinajstić information content (AvgIpc) is 2.39. The van der Waals surface area contributed by atoms with E-state index in [1.165, 1.54) is 0 Å². The van der Waals surface area contributed by atoms with Gasteiger partial charge in [-0.25, -0.2) is 0 Å². The van der Waals surface area contributed by atoms with Crippen LogP contribution in [0.1, 0.15) is 35.2 Å². The van der Waals surface area contributed by atoms with E-state index < -0.39 is 0 Å². The fourth-order valence-electron chi connectivity index (χ4n) is 1.77. The third-order valence-electron chi connectivity index (χ3n) is 2.80. The highest BCUT2D eigenvalue weighted by Crippen LogP contribution is 2.17. The van der Waals surface area contributed by atoms with Gasteiger partial charge in [-0.2, -0.15) is 0 Å². The minimum Gasteiger partial charge on any atom is -0.396 e. The first-order chi connectivity index (χ1) is 8.69. The van der Waals surface area contributed by atoms with Crippen LogP contribution in [-0.4, -0.2) is 31.2 Å². The largest absolute Gasteiger partial charge is 0.396 e.